The highest BCUT2D eigenvalue weighted by Crippen LogP contribution is 2.47. The second kappa shape index (κ2) is 40.7. The van der Waals surface area contributed by atoms with Crippen LogP contribution in [0, 0.1) is 0 Å². The first-order chi connectivity index (χ1) is 62.8. The van der Waals surface area contributed by atoms with Gasteiger partial charge in [0.15, 0.2) is 0 Å². The normalized spacial score (nSPS) is 11.9. The van der Waals surface area contributed by atoms with Gasteiger partial charge in [-0.25, -0.2) is 0 Å². The molecule has 2 aliphatic rings. The minimum atomic E-state index is -0.0465. The van der Waals surface area contributed by atoms with Gasteiger partial charge in [-0.1, -0.05) is 400 Å². The fraction of sp³-hybridized carbons (Fsp3) is 0.157. The Morgan fingerprint density at radius 3 is 0.769 bits per heavy atom. The molecule has 1 N–H and O–H groups in total. The molecule has 0 spiro atoms. The third-order valence-corrected chi connectivity index (χ3v) is 26.2. The summed E-state index contributed by atoms with van der Waals surface area (Å²) in [5.74, 6) is 2.38. The highest BCUT2D eigenvalue weighted by Gasteiger charge is 2.42. The van der Waals surface area contributed by atoms with Crippen LogP contribution in [0.5, 0.6) is 0 Å². The molecule has 0 bridgehead atoms. The van der Waals surface area contributed by atoms with E-state index in [9.17, 15) is 0 Å². The van der Waals surface area contributed by atoms with Crippen LogP contribution >= 0.6 is 31.9 Å². The Hall–Kier alpha value is -13.2. The molecule has 644 valence electrons. The number of halogens is 2. The summed E-state index contributed by atoms with van der Waals surface area (Å²) in [6, 6.07) is 150. The molecule has 0 atom stereocenters. The summed E-state index contributed by atoms with van der Waals surface area (Å²) in [6.07, 6.45) is 0. The Bertz CT molecular complexity index is 6370. The molecule has 0 fully saturated rings. The number of nitrogens with zero attached hydrogens (tertiary/aromatic N) is 4. The second-order valence-corrected chi connectivity index (χ2v) is 37.7. The predicted molar refractivity (Wildman–Crippen MR) is 573 cm³/mol. The van der Waals surface area contributed by atoms with Crippen LogP contribution in [0.1, 0.15) is 159 Å². The molecular formula is C121H115B2Br2N5. The predicted octanol–water partition coefficient (Wildman–Crippen LogP) is 32.2. The first kappa shape index (κ1) is 90.2. The molecule has 0 aromatic heterocycles. The van der Waals surface area contributed by atoms with E-state index in [-0.39, 0.29) is 20.9 Å². The Balaban J connectivity index is 0.000000178. The van der Waals surface area contributed by atoms with Crippen molar-refractivity contribution in [1.82, 2.24) is 0 Å². The highest BCUT2D eigenvalue weighted by atomic mass is 79.9. The minimum Gasteiger partial charge on any atom is -0.356 e. The van der Waals surface area contributed by atoms with Gasteiger partial charge in [-0.3, -0.25) is 0 Å². The lowest BCUT2D eigenvalue weighted by Gasteiger charge is -2.40. The minimum absolute atomic E-state index is 0. The molecule has 2 heterocycles. The molecule has 17 aromatic rings. The molecule has 2 aliphatic heterocycles. The molecule has 0 unspecified atom stereocenters. The number of para-hydroxylation sites is 5. The standard InChI is InChI=1S/C69H62BN3.C33H34BBr2N.C18H15N.CH4/c1-48(2)55-44-63(49(3)4)69(64(45-55)50(5)6)70-65-42-40-61(71(56-26-16-9-17-27-56)59-36-32-53(33-37-59)51-22-12-7-13-23-51)46-67(65)73(58-30-20-11-21-31-58)68-47-62(41-43-66(68)70)72(57-28-18-10-19-29-57)60-38-34-54(35-39-60)52-24-14-8-15-25-52;1-20(2)23-16-27(21(3)4)33(28(17-23)22(5)6)34-29-14-12-24(35)18-31(29)37(26-10-8-7-9-11-26)32-19-25(36)13-15-30(32)34;1-3-7-15(8-4-1)16-11-13-18(14-12-16)19-17-9-5-2-6-10-17;/h7-50H,1-6H3;7-22H,1-6H3;1-14,19H;1H4. The topological polar surface area (TPSA) is 25.0 Å². The van der Waals surface area contributed by atoms with Crippen molar-refractivity contribution in [3.8, 4) is 33.4 Å². The second-order valence-electron chi connectivity index (χ2n) is 35.9. The SMILES string of the molecule is C.CC(C)c1cc(C(C)C)c(B2c3ccc(Br)cc3N(c3ccccc3)c3cc(Br)ccc32)c(C(C)C)c1.CC(C)c1cc(C(C)C)c(B2c3ccc(N(c4ccccc4)c4ccc(-c5ccccc5)cc4)cc3N(c3ccccc3)c3cc(N(c4ccccc4)c4ccc(-c5ccccc5)cc4)ccc32)c(C(C)C)c1.c1ccc(Nc2ccc(-c3ccccc3)cc2)cc1. The molecule has 5 nitrogen and oxygen atoms in total. The first-order valence-electron chi connectivity index (χ1n) is 45.7. The zero-order valence-corrected chi connectivity index (χ0v) is 79.1. The summed E-state index contributed by atoms with van der Waals surface area (Å²) in [5.41, 5.74) is 39.9. The largest absolute Gasteiger partial charge is 0.356 e. The van der Waals surface area contributed by atoms with Crippen molar-refractivity contribution in [3.63, 3.8) is 0 Å². The van der Waals surface area contributed by atoms with Crippen molar-refractivity contribution in [3.05, 3.63) is 455 Å². The Morgan fingerprint density at radius 2 is 0.469 bits per heavy atom. The molecular weight excluding hydrogens is 1700 g/mol. The zero-order valence-electron chi connectivity index (χ0n) is 75.9. The van der Waals surface area contributed by atoms with E-state index in [4.69, 9.17) is 0 Å². The molecule has 0 aliphatic carbocycles. The Kier molecular flexibility index (Phi) is 28.2. The van der Waals surface area contributed by atoms with Crippen LogP contribution in [0.25, 0.3) is 33.4 Å². The molecule has 0 saturated heterocycles. The molecule has 130 heavy (non-hydrogen) atoms. The summed E-state index contributed by atoms with van der Waals surface area (Å²) >= 11 is 7.57. The summed E-state index contributed by atoms with van der Waals surface area (Å²) in [7, 11) is 0. The molecule has 0 radical (unpaired) electrons. The smallest absolute Gasteiger partial charge is 0.247 e. The van der Waals surface area contributed by atoms with Gasteiger partial charge in [-0.2, -0.15) is 0 Å². The number of fused-ring (bicyclic) bond motifs is 4. The van der Waals surface area contributed by atoms with Crippen LogP contribution in [-0.4, -0.2) is 13.4 Å². The van der Waals surface area contributed by atoms with Gasteiger partial charge in [0.2, 0.25) is 13.4 Å². The summed E-state index contributed by atoms with van der Waals surface area (Å²) < 4.78 is 2.18. The van der Waals surface area contributed by atoms with E-state index in [1.54, 1.807) is 0 Å². The molecule has 17 aromatic carbocycles. The molecule has 9 heteroatoms. The van der Waals surface area contributed by atoms with Crippen LogP contribution in [-0.2, 0) is 0 Å². The van der Waals surface area contributed by atoms with E-state index in [0.717, 1.165) is 71.5 Å². The lowest BCUT2D eigenvalue weighted by Crippen LogP contribution is -2.59. The molecule has 19 rings (SSSR count). The Morgan fingerprint density at radius 1 is 0.231 bits per heavy atom. The van der Waals surface area contributed by atoms with Crippen LogP contribution in [0.4, 0.5) is 79.6 Å². The number of benzene rings is 17. The van der Waals surface area contributed by atoms with Gasteiger partial charge in [0.25, 0.3) is 0 Å². The van der Waals surface area contributed by atoms with Gasteiger partial charge >= 0.3 is 0 Å². The van der Waals surface area contributed by atoms with Crippen LogP contribution in [0.15, 0.2) is 421 Å². The van der Waals surface area contributed by atoms with Crippen molar-refractivity contribution in [1.29, 1.82) is 0 Å². The van der Waals surface area contributed by atoms with Gasteiger partial charge in [0.1, 0.15) is 0 Å². The van der Waals surface area contributed by atoms with Crippen molar-refractivity contribution < 1.29 is 0 Å². The highest BCUT2D eigenvalue weighted by molar-refractivity contribution is 9.10. The van der Waals surface area contributed by atoms with Crippen molar-refractivity contribution >= 4 is 158 Å². The number of rotatable bonds is 21. The van der Waals surface area contributed by atoms with Crippen molar-refractivity contribution in [2.45, 2.75) is 126 Å². The third kappa shape index (κ3) is 19.4. The summed E-state index contributed by atoms with van der Waals surface area (Å²) in [6.45, 7) is 28.3. The summed E-state index contributed by atoms with van der Waals surface area (Å²) in [4.78, 5) is 9.77. The fourth-order valence-corrected chi connectivity index (χ4v) is 19.4. The third-order valence-electron chi connectivity index (χ3n) is 25.2. The van der Waals surface area contributed by atoms with E-state index in [1.807, 2.05) is 24.3 Å². The van der Waals surface area contributed by atoms with E-state index in [0.29, 0.717) is 35.5 Å². The Labute approximate surface area is 790 Å². The van der Waals surface area contributed by atoms with E-state index >= 15 is 0 Å². The monoisotopic (exact) mass is 1820 g/mol. The average molecular weight is 1820 g/mol. The van der Waals surface area contributed by atoms with Crippen LogP contribution in [0.3, 0.4) is 0 Å². The van der Waals surface area contributed by atoms with Crippen molar-refractivity contribution in [2.24, 2.45) is 0 Å². The van der Waals surface area contributed by atoms with Gasteiger partial charge in [-0.15, -0.1) is 0 Å². The van der Waals surface area contributed by atoms with Crippen LogP contribution < -0.4 is 57.7 Å². The van der Waals surface area contributed by atoms with E-state index in [1.165, 1.54) is 117 Å². The zero-order chi connectivity index (χ0) is 89.3. The summed E-state index contributed by atoms with van der Waals surface area (Å²) in [5, 5.41) is 3.38. The maximum atomic E-state index is 3.79. The lowest BCUT2D eigenvalue weighted by atomic mass is 9.33. The van der Waals surface area contributed by atoms with Gasteiger partial charge in [0, 0.05) is 88.6 Å². The van der Waals surface area contributed by atoms with E-state index in [2.05, 4.69) is 528 Å². The number of nitrogens with one attached hydrogen (secondary N) is 1. The van der Waals surface area contributed by atoms with Crippen molar-refractivity contribution in [2.75, 3.05) is 24.9 Å². The van der Waals surface area contributed by atoms with Gasteiger partial charge in [-0.05, 0) is 270 Å². The van der Waals surface area contributed by atoms with E-state index < -0.39 is 0 Å². The number of hydrogen-bond acceptors (Lipinski definition) is 5. The maximum Gasteiger partial charge on any atom is 0.247 e. The molecule has 0 saturated carbocycles. The van der Waals surface area contributed by atoms with Crippen LogP contribution in [0.2, 0.25) is 0 Å². The fourth-order valence-electron chi connectivity index (χ4n) is 18.7. The van der Waals surface area contributed by atoms with Gasteiger partial charge in [0.05, 0.1) is 0 Å². The number of anilines is 14. The number of hydrogen-bond donors (Lipinski definition) is 1. The van der Waals surface area contributed by atoms with Gasteiger partial charge < -0.3 is 24.9 Å². The quantitative estimate of drug-likeness (QED) is 0.0723. The maximum absolute atomic E-state index is 3.79. The average Bonchev–Trinajstić information content (AvgIpc) is 0.718. The lowest BCUT2D eigenvalue weighted by molar-refractivity contribution is 0.812. The first-order valence-corrected chi connectivity index (χ1v) is 47.3. The molecule has 0 amide bonds.